The Morgan fingerprint density at radius 2 is 1.87 bits per heavy atom. The van der Waals surface area contributed by atoms with Gasteiger partial charge in [0.1, 0.15) is 10.8 Å². The quantitative estimate of drug-likeness (QED) is 0.794. The second-order valence-electron chi connectivity index (χ2n) is 4.48. The van der Waals surface area contributed by atoms with Gasteiger partial charge in [0.05, 0.1) is 11.4 Å². The predicted octanol–water partition coefficient (Wildman–Crippen LogP) is 2.70. The fourth-order valence-electron chi connectivity index (χ4n) is 1.58. The van der Waals surface area contributed by atoms with Gasteiger partial charge in [-0.2, -0.15) is 0 Å². The highest BCUT2D eigenvalue weighted by atomic mass is 32.2. The van der Waals surface area contributed by atoms with E-state index in [4.69, 9.17) is 0 Å². The number of thioether (sulfide) groups is 1. The molecule has 0 saturated carbocycles. The monoisotopic (exact) mass is 334 g/mol. The summed E-state index contributed by atoms with van der Waals surface area (Å²) in [4.78, 5) is 23.0. The molecule has 2 amide bonds. The van der Waals surface area contributed by atoms with Crippen LogP contribution in [-0.2, 0) is 9.59 Å². The van der Waals surface area contributed by atoms with Gasteiger partial charge in [-0.05, 0) is 24.3 Å². The molecule has 1 aromatic carbocycles. The zero-order valence-corrected chi connectivity index (χ0v) is 13.2. The lowest BCUT2D eigenvalue weighted by Gasteiger charge is -2.06. The molecule has 0 aliphatic carbocycles. The molecule has 0 fully saturated rings. The molecule has 6 nitrogen and oxygen atoms in total. The summed E-state index contributed by atoms with van der Waals surface area (Å²) in [6.45, 7) is 1.74. The topological polar surface area (TPSA) is 84.0 Å². The molecule has 1 aromatic heterocycles. The molecule has 0 aliphatic heterocycles. The minimum absolute atomic E-state index is 0.0731. The number of hydrogen-bond acceptors (Lipinski definition) is 5. The van der Waals surface area contributed by atoms with E-state index in [0.717, 1.165) is 0 Å². The molecule has 0 spiro atoms. The van der Waals surface area contributed by atoms with E-state index < -0.39 is 5.82 Å². The van der Waals surface area contributed by atoms with Crippen LogP contribution >= 0.6 is 11.8 Å². The van der Waals surface area contributed by atoms with Crippen molar-refractivity contribution in [1.82, 2.24) is 10.2 Å². The number of benzene rings is 1. The molecule has 2 N–H and O–H groups in total. The fourth-order valence-corrected chi connectivity index (χ4v) is 2.20. The first kappa shape index (κ1) is 16.9. The van der Waals surface area contributed by atoms with E-state index in [2.05, 4.69) is 20.8 Å². The Morgan fingerprint density at radius 3 is 2.52 bits per heavy atom. The number of rotatable bonds is 6. The van der Waals surface area contributed by atoms with Gasteiger partial charge in [-0.1, -0.05) is 30.8 Å². The third-order valence-corrected chi connectivity index (χ3v) is 3.65. The van der Waals surface area contributed by atoms with E-state index in [0.29, 0.717) is 17.3 Å². The van der Waals surface area contributed by atoms with Crippen LogP contribution < -0.4 is 10.6 Å². The van der Waals surface area contributed by atoms with Crippen molar-refractivity contribution in [1.29, 1.82) is 0 Å². The number of nitrogens with zero attached hydrogens (tertiary/aromatic N) is 2. The molecule has 120 valence electrons. The lowest BCUT2D eigenvalue weighted by atomic mass is 10.3. The molecule has 0 radical (unpaired) electrons. The molecule has 1 heterocycles. The van der Waals surface area contributed by atoms with Crippen molar-refractivity contribution in [3.05, 3.63) is 42.2 Å². The van der Waals surface area contributed by atoms with Crippen molar-refractivity contribution in [2.24, 2.45) is 0 Å². The van der Waals surface area contributed by atoms with Crippen LogP contribution in [0.4, 0.5) is 15.9 Å². The van der Waals surface area contributed by atoms with E-state index >= 15 is 0 Å². The van der Waals surface area contributed by atoms with Gasteiger partial charge in [0.25, 0.3) is 0 Å². The maximum Gasteiger partial charge on any atom is 0.234 e. The molecular formula is C15H15FN4O2S. The van der Waals surface area contributed by atoms with Gasteiger partial charge < -0.3 is 10.6 Å². The van der Waals surface area contributed by atoms with Gasteiger partial charge in [-0.25, -0.2) is 4.39 Å². The van der Waals surface area contributed by atoms with Crippen molar-refractivity contribution in [3.8, 4) is 0 Å². The van der Waals surface area contributed by atoms with Crippen LogP contribution in [0, 0.1) is 5.82 Å². The zero-order chi connectivity index (χ0) is 16.7. The normalized spacial score (nSPS) is 10.2. The maximum absolute atomic E-state index is 13.4. The van der Waals surface area contributed by atoms with Gasteiger partial charge in [-0.15, -0.1) is 10.2 Å². The zero-order valence-electron chi connectivity index (χ0n) is 12.4. The summed E-state index contributed by atoms with van der Waals surface area (Å²) in [6, 6.07) is 9.21. The Hall–Kier alpha value is -2.48. The molecule has 0 bridgehead atoms. The third kappa shape index (κ3) is 5.33. The Kier molecular flexibility index (Phi) is 6.04. The van der Waals surface area contributed by atoms with Gasteiger partial charge >= 0.3 is 0 Å². The summed E-state index contributed by atoms with van der Waals surface area (Å²) in [5, 5.41) is 13.4. The molecule has 0 saturated heterocycles. The van der Waals surface area contributed by atoms with Crippen LogP contribution in [-0.4, -0.2) is 27.8 Å². The van der Waals surface area contributed by atoms with Crippen LogP contribution in [0.3, 0.4) is 0 Å². The van der Waals surface area contributed by atoms with E-state index in [1.165, 1.54) is 23.9 Å². The van der Waals surface area contributed by atoms with Gasteiger partial charge in [0.15, 0.2) is 5.82 Å². The van der Waals surface area contributed by atoms with Crippen LogP contribution in [0.1, 0.15) is 13.3 Å². The summed E-state index contributed by atoms with van der Waals surface area (Å²) in [5.74, 6) is -0.545. The fraction of sp³-hybridized carbons (Fsp3) is 0.200. The first-order chi connectivity index (χ1) is 11.1. The molecule has 23 heavy (non-hydrogen) atoms. The molecule has 2 aromatic rings. The molecule has 0 atom stereocenters. The van der Waals surface area contributed by atoms with Gasteiger partial charge in [0.2, 0.25) is 11.8 Å². The highest BCUT2D eigenvalue weighted by Crippen LogP contribution is 2.17. The summed E-state index contributed by atoms with van der Waals surface area (Å²) < 4.78 is 13.4. The molecule has 2 rings (SSSR count). The smallest absolute Gasteiger partial charge is 0.234 e. The molecule has 0 unspecified atom stereocenters. The van der Waals surface area contributed by atoms with Crippen molar-refractivity contribution >= 4 is 35.1 Å². The third-order valence-electron chi connectivity index (χ3n) is 2.73. The van der Waals surface area contributed by atoms with Gasteiger partial charge in [0, 0.05) is 6.42 Å². The summed E-state index contributed by atoms with van der Waals surface area (Å²) in [6.07, 6.45) is 0.356. The number of halogens is 1. The van der Waals surface area contributed by atoms with Crippen molar-refractivity contribution in [2.45, 2.75) is 18.4 Å². The number of anilines is 2. The Bertz CT molecular complexity index is 694. The SMILES string of the molecule is CCC(=O)Nc1ccc(SCC(=O)Nc2ccccc2F)nn1. The van der Waals surface area contributed by atoms with Gasteiger partial charge in [-0.3, -0.25) is 9.59 Å². The number of amides is 2. The second-order valence-corrected chi connectivity index (χ2v) is 5.47. The van der Waals surface area contributed by atoms with Crippen molar-refractivity contribution < 1.29 is 14.0 Å². The highest BCUT2D eigenvalue weighted by molar-refractivity contribution is 7.99. The standard InChI is InChI=1S/C15H15FN4O2S/c1-2-13(21)18-12-7-8-15(20-19-12)23-9-14(22)17-11-6-4-3-5-10(11)16/h3-8H,2,9H2,1H3,(H,17,22)(H,18,19,21). The second kappa shape index (κ2) is 8.23. The van der Waals surface area contributed by atoms with E-state index in [1.54, 1.807) is 31.2 Å². The Labute approximate surface area is 136 Å². The average Bonchev–Trinajstić information content (AvgIpc) is 2.56. The number of carbonyl (C=O) groups is 2. The maximum atomic E-state index is 13.4. The van der Waals surface area contributed by atoms with Crippen molar-refractivity contribution in [3.63, 3.8) is 0 Å². The minimum Gasteiger partial charge on any atom is -0.323 e. The molecule has 0 aliphatic rings. The average molecular weight is 334 g/mol. The number of nitrogens with one attached hydrogen (secondary N) is 2. The number of carbonyl (C=O) groups excluding carboxylic acids is 2. The summed E-state index contributed by atoms with van der Waals surface area (Å²) in [5.41, 5.74) is 0.141. The van der Waals surface area contributed by atoms with Crippen LogP contribution in [0.25, 0.3) is 0 Å². The number of para-hydroxylation sites is 1. The molecular weight excluding hydrogens is 319 g/mol. The minimum atomic E-state index is -0.485. The largest absolute Gasteiger partial charge is 0.323 e. The van der Waals surface area contributed by atoms with Crippen LogP contribution in [0.2, 0.25) is 0 Å². The lowest BCUT2D eigenvalue weighted by Crippen LogP contribution is -2.15. The first-order valence-corrected chi connectivity index (χ1v) is 7.88. The number of aromatic nitrogens is 2. The van der Waals surface area contributed by atoms with Crippen LogP contribution in [0.5, 0.6) is 0 Å². The summed E-state index contributed by atoms with van der Waals surface area (Å²) in [7, 11) is 0. The molecule has 8 heteroatoms. The predicted molar refractivity (Wildman–Crippen MR) is 86.7 cm³/mol. The van der Waals surface area contributed by atoms with Crippen molar-refractivity contribution in [2.75, 3.05) is 16.4 Å². The van der Waals surface area contributed by atoms with Crippen LogP contribution in [0.15, 0.2) is 41.4 Å². The Balaban J connectivity index is 1.84. The summed E-state index contributed by atoms with van der Waals surface area (Å²) >= 11 is 1.17. The lowest BCUT2D eigenvalue weighted by molar-refractivity contribution is -0.116. The first-order valence-electron chi connectivity index (χ1n) is 6.89. The van der Waals surface area contributed by atoms with E-state index in [-0.39, 0.29) is 23.3 Å². The van der Waals surface area contributed by atoms with E-state index in [9.17, 15) is 14.0 Å². The number of hydrogen-bond donors (Lipinski definition) is 2. The Morgan fingerprint density at radius 1 is 1.09 bits per heavy atom. The highest BCUT2D eigenvalue weighted by Gasteiger charge is 2.08. The van der Waals surface area contributed by atoms with E-state index in [1.807, 2.05) is 0 Å².